The highest BCUT2D eigenvalue weighted by Crippen LogP contribution is 2.45. The summed E-state index contributed by atoms with van der Waals surface area (Å²) in [5.74, 6) is 2.65. The van der Waals surface area contributed by atoms with E-state index in [9.17, 15) is 4.79 Å². The predicted molar refractivity (Wildman–Crippen MR) is 109 cm³/mol. The van der Waals surface area contributed by atoms with Crippen molar-refractivity contribution in [2.45, 2.75) is 19.3 Å². The van der Waals surface area contributed by atoms with Crippen LogP contribution >= 0.6 is 0 Å². The van der Waals surface area contributed by atoms with E-state index in [-0.39, 0.29) is 18.6 Å². The molecule has 0 aliphatic carbocycles. The summed E-state index contributed by atoms with van der Waals surface area (Å²) in [5, 5.41) is 2.94. The summed E-state index contributed by atoms with van der Waals surface area (Å²) in [6.45, 7) is 4.07. The number of fused-ring (bicyclic) bond motifs is 2. The van der Waals surface area contributed by atoms with Gasteiger partial charge in [0, 0.05) is 30.6 Å². The number of carbonyl (C=O) groups excluding carboxylic acids is 1. The number of ether oxygens (including phenoxy) is 4. The van der Waals surface area contributed by atoms with Crippen LogP contribution in [0.3, 0.4) is 0 Å². The Bertz CT molecular complexity index is 912. The summed E-state index contributed by atoms with van der Waals surface area (Å²) < 4.78 is 22.7. The van der Waals surface area contributed by atoms with Crippen LogP contribution in [-0.2, 0) is 4.79 Å². The summed E-state index contributed by atoms with van der Waals surface area (Å²) in [4.78, 5) is 14.4. The topological polar surface area (TPSA) is 69.3 Å². The quantitative estimate of drug-likeness (QED) is 0.772. The fraction of sp³-hybridized carbons (Fsp3) is 0.409. The molecular weight excluding hydrogens is 372 g/mol. The number of hydrogen-bond acceptors (Lipinski definition) is 6. The zero-order valence-electron chi connectivity index (χ0n) is 17.0. The Balaban J connectivity index is 1.66. The van der Waals surface area contributed by atoms with Gasteiger partial charge in [0.15, 0.2) is 23.0 Å². The van der Waals surface area contributed by atoms with E-state index in [1.165, 1.54) is 0 Å². The second-order valence-corrected chi connectivity index (χ2v) is 7.39. The van der Waals surface area contributed by atoms with E-state index >= 15 is 0 Å². The van der Waals surface area contributed by atoms with Gasteiger partial charge in [-0.3, -0.25) is 4.79 Å². The normalized spacial score (nSPS) is 17.1. The summed E-state index contributed by atoms with van der Waals surface area (Å²) >= 11 is 0. The van der Waals surface area contributed by atoms with E-state index in [0.29, 0.717) is 42.6 Å². The Labute approximate surface area is 170 Å². The average Bonchev–Trinajstić information content (AvgIpc) is 3.14. The summed E-state index contributed by atoms with van der Waals surface area (Å²) in [6, 6.07) is 9.71. The van der Waals surface area contributed by atoms with Crippen molar-refractivity contribution in [3.05, 3.63) is 41.5 Å². The van der Waals surface area contributed by atoms with Crippen molar-refractivity contribution in [1.29, 1.82) is 0 Å². The largest absolute Gasteiger partial charge is 0.490 e. The van der Waals surface area contributed by atoms with E-state index in [1.807, 2.05) is 51.4 Å². The lowest BCUT2D eigenvalue weighted by Crippen LogP contribution is -2.23. The highest BCUT2D eigenvalue weighted by Gasteiger charge is 2.30. The van der Waals surface area contributed by atoms with Crippen molar-refractivity contribution < 1.29 is 23.7 Å². The Hall–Kier alpha value is -2.93. The van der Waals surface area contributed by atoms with Gasteiger partial charge in [0.05, 0.1) is 6.61 Å². The molecule has 0 saturated heterocycles. The van der Waals surface area contributed by atoms with Crippen LogP contribution in [0.1, 0.15) is 30.4 Å². The van der Waals surface area contributed by atoms with E-state index in [2.05, 4.69) is 10.2 Å². The first kappa shape index (κ1) is 19.4. The first-order valence-electron chi connectivity index (χ1n) is 9.82. The number of amides is 1. The number of carbonyl (C=O) groups is 1. The molecule has 2 aliphatic heterocycles. The van der Waals surface area contributed by atoms with Gasteiger partial charge in [-0.25, -0.2) is 0 Å². The minimum Gasteiger partial charge on any atom is -0.490 e. The van der Waals surface area contributed by atoms with Gasteiger partial charge in [0.25, 0.3) is 0 Å². The van der Waals surface area contributed by atoms with Gasteiger partial charge in [-0.15, -0.1) is 0 Å². The third-order valence-corrected chi connectivity index (χ3v) is 5.05. The van der Waals surface area contributed by atoms with Gasteiger partial charge in [0.2, 0.25) is 12.7 Å². The molecule has 1 atom stereocenters. The van der Waals surface area contributed by atoms with Crippen molar-refractivity contribution in [2.24, 2.45) is 0 Å². The van der Waals surface area contributed by atoms with E-state index in [1.54, 1.807) is 0 Å². The Morgan fingerprint density at radius 3 is 2.66 bits per heavy atom. The van der Waals surface area contributed by atoms with Crippen molar-refractivity contribution in [3.63, 3.8) is 0 Å². The molecule has 0 radical (unpaired) electrons. The van der Waals surface area contributed by atoms with Crippen LogP contribution in [0.5, 0.6) is 23.0 Å². The lowest BCUT2D eigenvalue weighted by atomic mass is 9.84. The van der Waals surface area contributed by atoms with Crippen molar-refractivity contribution in [2.75, 3.05) is 46.0 Å². The van der Waals surface area contributed by atoms with Gasteiger partial charge in [-0.05, 0) is 50.3 Å². The van der Waals surface area contributed by atoms with E-state index in [4.69, 9.17) is 18.9 Å². The summed E-state index contributed by atoms with van der Waals surface area (Å²) in [6.07, 6.45) is 0.360. The molecule has 0 spiro atoms. The molecule has 0 fully saturated rings. The molecule has 7 nitrogen and oxygen atoms in total. The van der Waals surface area contributed by atoms with Crippen LogP contribution in [0.25, 0.3) is 0 Å². The standard InChI is InChI=1S/C22H26N2O5/c1-4-26-19-9-14(5-6-18(19)27-8-7-24(2)3)15-11-22(25)23-17-12-21-20(10-16(15)17)28-13-29-21/h5-6,9-10,12,15H,4,7-8,11,13H2,1-3H3,(H,23,25). The van der Waals surface area contributed by atoms with Gasteiger partial charge in [-0.2, -0.15) is 0 Å². The van der Waals surface area contributed by atoms with E-state index in [0.717, 1.165) is 23.4 Å². The monoisotopic (exact) mass is 398 g/mol. The Morgan fingerprint density at radius 1 is 1.10 bits per heavy atom. The van der Waals surface area contributed by atoms with Gasteiger partial charge < -0.3 is 29.2 Å². The average molecular weight is 398 g/mol. The molecular formula is C22H26N2O5. The number of anilines is 1. The number of likely N-dealkylation sites (N-methyl/N-ethyl adjacent to an activating group) is 1. The molecule has 154 valence electrons. The molecule has 2 aromatic rings. The highest BCUT2D eigenvalue weighted by atomic mass is 16.7. The van der Waals surface area contributed by atoms with Gasteiger partial charge in [0.1, 0.15) is 6.61 Å². The van der Waals surface area contributed by atoms with Gasteiger partial charge in [-0.1, -0.05) is 6.07 Å². The van der Waals surface area contributed by atoms with Crippen molar-refractivity contribution in [3.8, 4) is 23.0 Å². The molecule has 1 N–H and O–H groups in total. The highest BCUT2D eigenvalue weighted by molar-refractivity contribution is 5.96. The molecule has 2 aliphatic rings. The lowest BCUT2D eigenvalue weighted by Gasteiger charge is -2.27. The molecule has 0 aromatic heterocycles. The fourth-order valence-corrected chi connectivity index (χ4v) is 3.62. The van der Waals surface area contributed by atoms with Gasteiger partial charge >= 0.3 is 0 Å². The van der Waals surface area contributed by atoms with E-state index < -0.39 is 0 Å². The third-order valence-electron chi connectivity index (χ3n) is 5.05. The molecule has 1 unspecified atom stereocenters. The van der Waals surface area contributed by atoms with Crippen molar-refractivity contribution in [1.82, 2.24) is 4.90 Å². The molecule has 4 rings (SSSR count). The third kappa shape index (κ3) is 4.10. The summed E-state index contributed by atoms with van der Waals surface area (Å²) in [7, 11) is 4.01. The molecule has 1 amide bonds. The zero-order chi connectivity index (χ0) is 20.4. The molecule has 0 saturated carbocycles. The maximum absolute atomic E-state index is 12.3. The van der Waals surface area contributed by atoms with Crippen LogP contribution in [-0.4, -0.2) is 51.5 Å². The first-order valence-corrected chi connectivity index (χ1v) is 9.82. The van der Waals surface area contributed by atoms with Crippen LogP contribution in [0, 0.1) is 0 Å². The number of benzene rings is 2. The molecule has 7 heteroatoms. The summed E-state index contributed by atoms with van der Waals surface area (Å²) in [5.41, 5.74) is 2.78. The molecule has 0 bridgehead atoms. The molecule has 2 aromatic carbocycles. The fourth-order valence-electron chi connectivity index (χ4n) is 3.62. The second-order valence-electron chi connectivity index (χ2n) is 7.39. The predicted octanol–water partition coefficient (Wildman–Crippen LogP) is 3.23. The SMILES string of the molecule is CCOc1cc(C2CC(=O)Nc3cc4c(cc32)OCO4)ccc1OCCN(C)C. The number of nitrogens with zero attached hydrogens (tertiary/aromatic N) is 1. The Kier molecular flexibility index (Phi) is 5.49. The molecule has 29 heavy (non-hydrogen) atoms. The Morgan fingerprint density at radius 2 is 1.90 bits per heavy atom. The smallest absolute Gasteiger partial charge is 0.231 e. The maximum atomic E-state index is 12.3. The minimum atomic E-state index is -0.0942. The van der Waals surface area contributed by atoms with Crippen molar-refractivity contribution >= 4 is 11.6 Å². The maximum Gasteiger partial charge on any atom is 0.231 e. The number of hydrogen-bond donors (Lipinski definition) is 1. The zero-order valence-corrected chi connectivity index (χ0v) is 17.0. The number of rotatable bonds is 7. The van der Waals surface area contributed by atoms with Crippen LogP contribution < -0.4 is 24.3 Å². The van der Waals surface area contributed by atoms with Crippen LogP contribution in [0.15, 0.2) is 30.3 Å². The molecule has 2 heterocycles. The lowest BCUT2D eigenvalue weighted by molar-refractivity contribution is -0.116. The van der Waals surface area contributed by atoms with Crippen LogP contribution in [0.4, 0.5) is 5.69 Å². The second kappa shape index (κ2) is 8.21. The number of nitrogens with one attached hydrogen (secondary N) is 1. The van der Waals surface area contributed by atoms with Crippen LogP contribution in [0.2, 0.25) is 0 Å². The minimum absolute atomic E-state index is 0.0226. The first-order chi connectivity index (χ1) is 14.0.